The van der Waals surface area contributed by atoms with E-state index in [2.05, 4.69) is 9.97 Å². The number of hydrogen-bond donors (Lipinski definition) is 2. The minimum Gasteiger partial charge on any atom is -0.368 e. The van der Waals surface area contributed by atoms with E-state index in [1.54, 1.807) is 6.92 Å². The molecule has 0 saturated heterocycles. The molecule has 0 aliphatic heterocycles. The van der Waals surface area contributed by atoms with Crippen molar-refractivity contribution in [3.63, 3.8) is 0 Å². The van der Waals surface area contributed by atoms with Gasteiger partial charge in [-0.05, 0) is 6.92 Å². The topological polar surface area (TPSA) is 98.1 Å². The van der Waals surface area contributed by atoms with Crippen LogP contribution >= 0.6 is 0 Å². The highest BCUT2D eigenvalue weighted by Crippen LogP contribution is 2.29. The van der Waals surface area contributed by atoms with E-state index in [1.165, 1.54) is 4.90 Å². The second kappa shape index (κ2) is 5.07. The molecule has 0 atom stereocenters. The number of carbonyl (C=O) groups is 1. The van der Waals surface area contributed by atoms with Gasteiger partial charge >= 0.3 is 6.18 Å². The van der Waals surface area contributed by atoms with Gasteiger partial charge in [-0.2, -0.15) is 18.2 Å². The molecule has 4 N–H and O–H groups in total. The van der Waals surface area contributed by atoms with Gasteiger partial charge in [0.1, 0.15) is 5.82 Å². The van der Waals surface area contributed by atoms with E-state index in [0.717, 1.165) is 6.07 Å². The summed E-state index contributed by atoms with van der Waals surface area (Å²) in [4.78, 5) is 18.8. The summed E-state index contributed by atoms with van der Waals surface area (Å²) in [5, 5.41) is 0. The van der Waals surface area contributed by atoms with Crippen LogP contribution in [-0.2, 0) is 11.0 Å². The van der Waals surface area contributed by atoms with Gasteiger partial charge < -0.3 is 16.4 Å². The van der Waals surface area contributed by atoms with Crippen LogP contribution in [-0.4, -0.2) is 29.0 Å². The molecule has 0 aliphatic carbocycles. The van der Waals surface area contributed by atoms with E-state index in [1.807, 2.05) is 0 Å². The number of alkyl halides is 3. The highest BCUT2D eigenvalue weighted by Gasteiger charge is 2.34. The minimum absolute atomic E-state index is 0.0869. The van der Waals surface area contributed by atoms with Crippen LogP contribution in [0.4, 0.5) is 24.9 Å². The van der Waals surface area contributed by atoms with E-state index < -0.39 is 23.7 Å². The third-order valence-electron chi connectivity index (χ3n) is 2.07. The number of nitrogen functional groups attached to an aromatic ring is 1. The molecule has 0 unspecified atom stereocenters. The van der Waals surface area contributed by atoms with Crippen molar-refractivity contribution in [2.75, 3.05) is 23.7 Å². The second-order valence-electron chi connectivity index (χ2n) is 3.45. The molecule has 0 radical (unpaired) electrons. The Kier molecular flexibility index (Phi) is 3.94. The number of aromatic nitrogens is 2. The van der Waals surface area contributed by atoms with Crippen molar-refractivity contribution in [1.29, 1.82) is 0 Å². The zero-order chi connectivity index (χ0) is 13.9. The fourth-order valence-corrected chi connectivity index (χ4v) is 1.30. The van der Waals surface area contributed by atoms with Gasteiger partial charge in [0.05, 0.1) is 6.54 Å². The van der Waals surface area contributed by atoms with E-state index in [4.69, 9.17) is 11.5 Å². The fourth-order valence-electron chi connectivity index (χ4n) is 1.30. The number of rotatable bonds is 4. The summed E-state index contributed by atoms with van der Waals surface area (Å²) in [5.74, 6) is -1.28. The van der Waals surface area contributed by atoms with Gasteiger partial charge in [0.2, 0.25) is 11.9 Å². The molecule has 0 bridgehead atoms. The SMILES string of the molecule is CCN(CC(N)=O)c1cc(C(F)(F)F)nc(N)n1. The molecule has 1 heterocycles. The average molecular weight is 263 g/mol. The zero-order valence-electron chi connectivity index (χ0n) is 9.53. The Morgan fingerprint density at radius 3 is 2.50 bits per heavy atom. The van der Waals surface area contributed by atoms with Crippen molar-refractivity contribution in [2.24, 2.45) is 5.73 Å². The highest BCUT2D eigenvalue weighted by atomic mass is 19.4. The molecule has 1 amide bonds. The van der Waals surface area contributed by atoms with Gasteiger partial charge in [0.15, 0.2) is 5.69 Å². The van der Waals surface area contributed by atoms with Crippen LogP contribution in [0.2, 0.25) is 0 Å². The summed E-state index contributed by atoms with van der Waals surface area (Å²) in [7, 11) is 0. The third-order valence-corrected chi connectivity index (χ3v) is 2.07. The molecule has 0 saturated carbocycles. The lowest BCUT2D eigenvalue weighted by Gasteiger charge is -2.21. The van der Waals surface area contributed by atoms with Crippen LogP contribution in [0.3, 0.4) is 0 Å². The maximum Gasteiger partial charge on any atom is 0.433 e. The van der Waals surface area contributed by atoms with E-state index in [-0.39, 0.29) is 18.9 Å². The fraction of sp³-hybridized carbons (Fsp3) is 0.444. The van der Waals surface area contributed by atoms with Crippen LogP contribution in [0.1, 0.15) is 12.6 Å². The lowest BCUT2D eigenvalue weighted by molar-refractivity contribution is -0.141. The molecular formula is C9H12F3N5O. The van der Waals surface area contributed by atoms with E-state index >= 15 is 0 Å². The normalized spacial score (nSPS) is 11.3. The molecular weight excluding hydrogens is 251 g/mol. The highest BCUT2D eigenvalue weighted by molar-refractivity contribution is 5.79. The molecule has 0 aliphatic rings. The molecule has 6 nitrogen and oxygen atoms in total. The number of carbonyl (C=O) groups excluding carboxylic acids is 1. The van der Waals surface area contributed by atoms with Crippen LogP contribution in [0.5, 0.6) is 0 Å². The Labute approximate surface area is 101 Å². The minimum atomic E-state index is -4.63. The predicted octanol–water partition coefficient (Wildman–Crippen LogP) is 0.389. The quantitative estimate of drug-likeness (QED) is 0.818. The maximum atomic E-state index is 12.5. The molecule has 0 fully saturated rings. The summed E-state index contributed by atoms with van der Waals surface area (Å²) >= 11 is 0. The summed E-state index contributed by atoms with van der Waals surface area (Å²) in [6, 6.07) is 0.725. The van der Waals surface area contributed by atoms with Crippen molar-refractivity contribution in [3.05, 3.63) is 11.8 Å². The molecule has 1 rings (SSSR count). The first kappa shape index (κ1) is 14.0. The van der Waals surface area contributed by atoms with Gasteiger partial charge in [-0.1, -0.05) is 0 Å². The molecule has 100 valence electrons. The number of nitrogens with two attached hydrogens (primary N) is 2. The Morgan fingerprint density at radius 1 is 1.44 bits per heavy atom. The summed E-state index contributed by atoms with van der Waals surface area (Å²) in [6.45, 7) is 1.66. The van der Waals surface area contributed by atoms with Crippen LogP contribution < -0.4 is 16.4 Å². The molecule has 18 heavy (non-hydrogen) atoms. The number of hydrogen-bond acceptors (Lipinski definition) is 5. The van der Waals surface area contributed by atoms with Crippen molar-refractivity contribution < 1.29 is 18.0 Å². The zero-order valence-corrected chi connectivity index (χ0v) is 9.53. The Hall–Kier alpha value is -2.06. The average Bonchev–Trinajstić information content (AvgIpc) is 2.23. The predicted molar refractivity (Wildman–Crippen MR) is 58.5 cm³/mol. The second-order valence-corrected chi connectivity index (χ2v) is 3.45. The first-order valence-corrected chi connectivity index (χ1v) is 4.99. The lowest BCUT2D eigenvalue weighted by Crippen LogP contribution is -2.34. The van der Waals surface area contributed by atoms with E-state index in [0.29, 0.717) is 0 Å². The molecule has 9 heteroatoms. The van der Waals surface area contributed by atoms with Crippen LogP contribution in [0.15, 0.2) is 6.07 Å². The van der Waals surface area contributed by atoms with Gasteiger partial charge in [-0.3, -0.25) is 4.79 Å². The van der Waals surface area contributed by atoms with Crippen molar-refractivity contribution >= 4 is 17.7 Å². The summed E-state index contributed by atoms with van der Waals surface area (Å²) in [6.07, 6.45) is -4.63. The largest absolute Gasteiger partial charge is 0.433 e. The number of anilines is 2. The van der Waals surface area contributed by atoms with Crippen molar-refractivity contribution in [1.82, 2.24) is 9.97 Å². The summed E-state index contributed by atoms with van der Waals surface area (Å²) in [5.41, 5.74) is 9.05. The molecule has 1 aromatic heterocycles. The number of amides is 1. The first-order chi connectivity index (χ1) is 8.24. The van der Waals surface area contributed by atoms with Crippen molar-refractivity contribution in [3.8, 4) is 0 Å². The lowest BCUT2D eigenvalue weighted by atomic mass is 10.3. The van der Waals surface area contributed by atoms with Crippen molar-refractivity contribution in [2.45, 2.75) is 13.1 Å². The molecule has 1 aromatic rings. The Balaban J connectivity index is 3.15. The Morgan fingerprint density at radius 2 is 2.06 bits per heavy atom. The van der Waals surface area contributed by atoms with Gasteiger partial charge in [0, 0.05) is 12.6 Å². The van der Waals surface area contributed by atoms with Gasteiger partial charge in [-0.15, -0.1) is 0 Å². The van der Waals surface area contributed by atoms with Gasteiger partial charge in [-0.25, -0.2) is 4.98 Å². The third kappa shape index (κ3) is 3.47. The molecule has 0 spiro atoms. The Bertz CT molecular complexity index is 448. The number of nitrogens with zero attached hydrogens (tertiary/aromatic N) is 3. The van der Waals surface area contributed by atoms with E-state index in [9.17, 15) is 18.0 Å². The maximum absolute atomic E-state index is 12.5. The monoisotopic (exact) mass is 263 g/mol. The first-order valence-electron chi connectivity index (χ1n) is 4.99. The summed E-state index contributed by atoms with van der Waals surface area (Å²) < 4.78 is 37.6. The number of halogens is 3. The number of primary amides is 1. The van der Waals surface area contributed by atoms with Crippen LogP contribution in [0.25, 0.3) is 0 Å². The van der Waals surface area contributed by atoms with Gasteiger partial charge in [0.25, 0.3) is 0 Å². The smallest absolute Gasteiger partial charge is 0.368 e. The standard InChI is InChI=1S/C9H12F3N5O/c1-2-17(4-6(13)18)7-3-5(9(10,11)12)15-8(14)16-7/h3H,2,4H2,1H3,(H2,13,18)(H2,14,15,16). The number of likely N-dealkylation sites (N-methyl/N-ethyl adjacent to an activating group) is 1. The van der Waals surface area contributed by atoms with Crippen LogP contribution in [0, 0.1) is 0 Å². The molecule has 0 aromatic carbocycles.